The van der Waals surface area contributed by atoms with Gasteiger partial charge in [-0.15, -0.1) is 0 Å². The number of anilines is 1. The zero-order valence-corrected chi connectivity index (χ0v) is 16.7. The molecule has 0 saturated carbocycles. The van der Waals surface area contributed by atoms with Crippen molar-refractivity contribution in [2.45, 2.75) is 4.90 Å². The molecule has 0 aromatic heterocycles. The van der Waals surface area contributed by atoms with Crippen LogP contribution in [-0.4, -0.2) is 68.2 Å². The molecule has 2 aromatic rings. The number of carbonyl (C=O) groups excluding carboxylic acids is 3. The average molecular weight is 429 g/mol. The number of morpholine rings is 1. The van der Waals surface area contributed by atoms with Gasteiger partial charge in [-0.1, -0.05) is 24.3 Å². The van der Waals surface area contributed by atoms with Crippen molar-refractivity contribution in [3.63, 3.8) is 0 Å². The van der Waals surface area contributed by atoms with Crippen LogP contribution in [0.25, 0.3) is 0 Å². The van der Waals surface area contributed by atoms with Gasteiger partial charge in [-0.05, 0) is 24.3 Å². The number of carbonyl (C=O) groups is 3. The molecule has 2 aliphatic rings. The van der Waals surface area contributed by atoms with E-state index in [9.17, 15) is 22.8 Å². The molecule has 0 radical (unpaired) electrons. The van der Waals surface area contributed by atoms with E-state index in [-0.39, 0.29) is 27.6 Å². The molecule has 2 aromatic carbocycles. The molecular weight excluding hydrogens is 410 g/mol. The van der Waals surface area contributed by atoms with Gasteiger partial charge in [0.05, 0.1) is 30.0 Å². The van der Waals surface area contributed by atoms with E-state index in [0.29, 0.717) is 30.6 Å². The number of amides is 3. The van der Waals surface area contributed by atoms with Gasteiger partial charge >= 0.3 is 0 Å². The number of nitrogens with zero attached hydrogens (tertiary/aromatic N) is 2. The Hall–Kier alpha value is -3.24. The van der Waals surface area contributed by atoms with Crippen LogP contribution in [0.15, 0.2) is 53.4 Å². The van der Waals surface area contributed by atoms with Crippen LogP contribution < -0.4 is 5.32 Å². The van der Waals surface area contributed by atoms with E-state index < -0.39 is 28.4 Å². The van der Waals surface area contributed by atoms with Gasteiger partial charge in [0, 0.05) is 13.1 Å². The Kier molecular flexibility index (Phi) is 5.27. The number of benzene rings is 2. The predicted molar refractivity (Wildman–Crippen MR) is 106 cm³/mol. The van der Waals surface area contributed by atoms with Crippen molar-refractivity contribution in [1.82, 2.24) is 9.21 Å². The molecule has 1 saturated heterocycles. The summed E-state index contributed by atoms with van der Waals surface area (Å²) in [6, 6.07) is 12.3. The quantitative estimate of drug-likeness (QED) is 0.774. The minimum Gasteiger partial charge on any atom is -0.378 e. The summed E-state index contributed by atoms with van der Waals surface area (Å²) in [5.74, 6) is -1.73. The number of hydrogen-bond acceptors (Lipinski definition) is 6. The summed E-state index contributed by atoms with van der Waals surface area (Å²) in [5, 5.41) is 2.57. The third kappa shape index (κ3) is 3.55. The topological polar surface area (TPSA) is 113 Å². The molecule has 0 spiro atoms. The van der Waals surface area contributed by atoms with E-state index in [1.807, 2.05) is 0 Å². The Labute approximate surface area is 173 Å². The second kappa shape index (κ2) is 7.88. The molecule has 1 N–H and O–H groups in total. The van der Waals surface area contributed by atoms with Gasteiger partial charge in [0.2, 0.25) is 5.91 Å². The number of ether oxygens (including phenoxy) is 1. The van der Waals surface area contributed by atoms with Gasteiger partial charge in [-0.2, -0.15) is 0 Å². The Morgan fingerprint density at radius 1 is 1.00 bits per heavy atom. The SMILES string of the molecule is O=C(CN1C(=O)c2ccccc2S1(=O)=O)Nc1ccccc1C(=O)N1CCOCC1. The highest BCUT2D eigenvalue weighted by molar-refractivity contribution is 7.90. The van der Waals surface area contributed by atoms with Crippen molar-refractivity contribution in [2.24, 2.45) is 0 Å². The Balaban J connectivity index is 1.52. The molecule has 0 aliphatic carbocycles. The normalized spacial score (nSPS) is 17.5. The third-order valence-electron chi connectivity index (χ3n) is 4.93. The van der Waals surface area contributed by atoms with Gasteiger partial charge in [0.1, 0.15) is 11.4 Å². The molecule has 0 bridgehead atoms. The van der Waals surface area contributed by atoms with Crippen LogP contribution in [0.1, 0.15) is 20.7 Å². The van der Waals surface area contributed by atoms with Crippen molar-refractivity contribution >= 4 is 33.4 Å². The van der Waals surface area contributed by atoms with E-state index in [4.69, 9.17) is 4.74 Å². The Morgan fingerprint density at radius 2 is 1.67 bits per heavy atom. The van der Waals surface area contributed by atoms with Gasteiger partial charge < -0.3 is 15.0 Å². The maximum atomic E-state index is 12.8. The lowest BCUT2D eigenvalue weighted by molar-refractivity contribution is -0.116. The lowest BCUT2D eigenvalue weighted by atomic mass is 10.1. The van der Waals surface area contributed by atoms with Gasteiger partial charge in [-0.3, -0.25) is 14.4 Å². The van der Waals surface area contributed by atoms with Crippen molar-refractivity contribution in [1.29, 1.82) is 0 Å². The molecule has 0 unspecified atom stereocenters. The first kappa shape index (κ1) is 20.0. The summed E-state index contributed by atoms with van der Waals surface area (Å²) in [5.41, 5.74) is 0.570. The number of hydrogen-bond donors (Lipinski definition) is 1. The zero-order chi connectivity index (χ0) is 21.3. The molecule has 3 amide bonds. The summed E-state index contributed by atoms with van der Waals surface area (Å²) in [7, 11) is -4.09. The third-order valence-corrected chi connectivity index (χ3v) is 6.72. The predicted octanol–water partition coefficient (Wildman–Crippen LogP) is 0.942. The number of rotatable bonds is 4. The molecule has 10 heteroatoms. The summed E-state index contributed by atoms with van der Waals surface area (Å²) >= 11 is 0. The largest absolute Gasteiger partial charge is 0.378 e. The van der Waals surface area contributed by atoms with E-state index in [1.165, 1.54) is 18.2 Å². The highest BCUT2D eigenvalue weighted by Gasteiger charge is 2.41. The minimum atomic E-state index is -4.09. The number of nitrogens with one attached hydrogen (secondary N) is 1. The molecule has 156 valence electrons. The van der Waals surface area contributed by atoms with Crippen LogP contribution in [0.3, 0.4) is 0 Å². The fourth-order valence-corrected chi connectivity index (χ4v) is 4.95. The molecule has 9 nitrogen and oxygen atoms in total. The Bertz CT molecular complexity index is 1120. The van der Waals surface area contributed by atoms with Crippen LogP contribution in [-0.2, 0) is 19.6 Å². The summed E-state index contributed by atoms with van der Waals surface area (Å²) in [6.07, 6.45) is 0. The Morgan fingerprint density at radius 3 is 2.40 bits per heavy atom. The van der Waals surface area contributed by atoms with Crippen molar-refractivity contribution in [2.75, 3.05) is 38.2 Å². The summed E-state index contributed by atoms with van der Waals surface area (Å²) in [4.78, 5) is 39.4. The molecule has 2 heterocycles. The highest BCUT2D eigenvalue weighted by atomic mass is 32.2. The van der Waals surface area contributed by atoms with E-state index in [0.717, 1.165) is 0 Å². The fraction of sp³-hybridized carbons (Fsp3) is 0.250. The molecule has 2 aliphatic heterocycles. The number of sulfonamides is 1. The maximum Gasteiger partial charge on any atom is 0.269 e. The summed E-state index contributed by atoms with van der Waals surface area (Å²) in [6.45, 7) is 1.08. The monoisotopic (exact) mass is 429 g/mol. The zero-order valence-electron chi connectivity index (χ0n) is 15.9. The first-order valence-electron chi connectivity index (χ1n) is 9.31. The maximum absolute atomic E-state index is 12.8. The van der Waals surface area contributed by atoms with Crippen LogP contribution in [0, 0.1) is 0 Å². The van der Waals surface area contributed by atoms with E-state index in [2.05, 4.69) is 5.32 Å². The highest BCUT2D eigenvalue weighted by Crippen LogP contribution is 2.29. The lowest BCUT2D eigenvalue weighted by Gasteiger charge is -2.27. The number of fused-ring (bicyclic) bond motifs is 1. The van der Waals surface area contributed by atoms with E-state index >= 15 is 0 Å². The summed E-state index contributed by atoms with van der Waals surface area (Å²) < 4.78 is 31.0. The van der Waals surface area contributed by atoms with Crippen LogP contribution in [0.2, 0.25) is 0 Å². The van der Waals surface area contributed by atoms with Crippen molar-refractivity contribution in [3.8, 4) is 0 Å². The first-order valence-corrected chi connectivity index (χ1v) is 10.8. The fourth-order valence-electron chi connectivity index (χ4n) is 3.42. The minimum absolute atomic E-state index is 0.0354. The first-order chi connectivity index (χ1) is 14.4. The molecule has 1 fully saturated rings. The molecule has 0 atom stereocenters. The average Bonchev–Trinajstić information content (AvgIpc) is 2.95. The van der Waals surface area contributed by atoms with E-state index in [1.54, 1.807) is 35.2 Å². The van der Waals surface area contributed by atoms with Crippen molar-refractivity contribution in [3.05, 3.63) is 59.7 Å². The lowest BCUT2D eigenvalue weighted by Crippen LogP contribution is -2.41. The second-order valence-electron chi connectivity index (χ2n) is 6.81. The van der Waals surface area contributed by atoms with Crippen LogP contribution in [0.4, 0.5) is 5.69 Å². The second-order valence-corrected chi connectivity index (χ2v) is 8.64. The standard InChI is InChI=1S/C20H19N3O6S/c24-18(13-23-20(26)15-6-2-4-8-17(15)30(23,27)28)21-16-7-3-1-5-14(16)19(25)22-9-11-29-12-10-22/h1-8H,9-13H2,(H,21,24). The van der Waals surface area contributed by atoms with Crippen molar-refractivity contribution < 1.29 is 27.5 Å². The molecule has 4 rings (SSSR count). The van der Waals surface area contributed by atoms with Gasteiger partial charge in [0.25, 0.3) is 21.8 Å². The van der Waals surface area contributed by atoms with Crippen LogP contribution >= 0.6 is 0 Å². The molecule has 30 heavy (non-hydrogen) atoms. The molecular formula is C20H19N3O6S. The van der Waals surface area contributed by atoms with Gasteiger partial charge in [-0.25, -0.2) is 12.7 Å². The smallest absolute Gasteiger partial charge is 0.269 e. The van der Waals surface area contributed by atoms with Crippen LogP contribution in [0.5, 0.6) is 0 Å². The number of para-hydroxylation sites is 1. The van der Waals surface area contributed by atoms with Gasteiger partial charge in [0.15, 0.2) is 0 Å².